The predicted molar refractivity (Wildman–Crippen MR) is 69.6 cm³/mol. The Morgan fingerprint density at radius 3 is 2.50 bits per heavy atom. The van der Waals surface area contributed by atoms with Gasteiger partial charge in [0.25, 0.3) is 0 Å². The second-order valence-corrected chi connectivity index (χ2v) is 4.87. The van der Waals surface area contributed by atoms with E-state index in [1.807, 2.05) is 31.2 Å². The Bertz CT molecular complexity index is 492. The molecule has 0 spiro atoms. The van der Waals surface area contributed by atoms with Crippen LogP contribution in [0.2, 0.25) is 5.02 Å². The minimum Gasteiger partial charge on any atom is -0.383 e. The van der Waals surface area contributed by atoms with Gasteiger partial charge in [0.15, 0.2) is 0 Å². The van der Waals surface area contributed by atoms with Gasteiger partial charge in [-0.1, -0.05) is 39.7 Å². The Kier molecular flexibility index (Phi) is 3.21. The van der Waals surface area contributed by atoms with E-state index in [9.17, 15) is 0 Å². The van der Waals surface area contributed by atoms with Crippen LogP contribution in [0.5, 0.6) is 0 Å². The summed E-state index contributed by atoms with van der Waals surface area (Å²) in [5.41, 5.74) is 6.96. The standard InChI is InChI=1S/C11H11BrClN3/c1-7(8-2-4-9(12)5-3-8)16-11(14)10(13)6-15-16/h2-7H,14H2,1H3. The summed E-state index contributed by atoms with van der Waals surface area (Å²) in [5, 5.41) is 4.65. The Labute approximate surface area is 107 Å². The minimum absolute atomic E-state index is 0.0700. The number of hydrogen-bond donors (Lipinski definition) is 1. The summed E-state index contributed by atoms with van der Waals surface area (Å²) in [4.78, 5) is 0. The highest BCUT2D eigenvalue weighted by Crippen LogP contribution is 2.25. The maximum absolute atomic E-state index is 5.87. The zero-order valence-electron chi connectivity index (χ0n) is 8.69. The number of aromatic nitrogens is 2. The first-order valence-corrected chi connectivity index (χ1v) is 6.00. The van der Waals surface area contributed by atoms with Gasteiger partial charge in [0.05, 0.1) is 12.2 Å². The van der Waals surface area contributed by atoms with Crippen LogP contribution in [0.3, 0.4) is 0 Å². The second kappa shape index (κ2) is 4.47. The molecule has 1 aromatic heterocycles. The quantitative estimate of drug-likeness (QED) is 0.922. The average Bonchev–Trinajstić information content (AvgIpc) is 2.60. The van der Waals surface area contributed by atoms with Crippen molar-refractivity contribution in [2.75, 3.05) is 5.73 Å². The van der Waals surface area contributed by atoms with Crippen LogP contribution in [0, 0.1) is 0 Å². The highest BCUT2D eigenvalue weighted by atomic mass is 79.9. The Balaban J connectivity index is 2.35. The van der Waals surface area contributed by atoms with Crippen LogP contribution in [0.4, 0.5) is 5.82 Å². The molecule has 0 aliphatic carbocycles. The van der Waals surface area contributed by atoms with Gasteiger partial charge in [-0.15, -0.1) is 0 Å². The molecule has 0 radical (unpaired) electrons. The van der Waals surface area contributed by atoms with Gasteiger partial charge >= 0.3 is 0 Å². The molecule has 0 fully saturated rings. The number of hydrogen-bond acceptors (Lipinski definition) is 2. The lowest BCUT2D eigenvalue weighted by atomic mass is 10.1. The molecular formula is C11H11BrClN3. The first-order valence-electron chi connectivity index (χ1n) is 4.83. The Hall–Kier alpha value is -1.00. The molecule has 0 aliphatic heterocycles. The van der Waals surface area contributed by atoms with Gasteiger partial charge in [-0.2, -0.15) is 5.10 Å². The molecule has 0 saturated heterocycles. The van der Waals surface area contributed by atoms with E-state index >= 15 is 0 Å². The maximum atomic E-state index is 5.87. The fourth-order valence-corrected chi connectivity index (χ4v) is 1.94. The van der Waals surface area contributed by atoms with E-state index in [-0.39, 0.29) is 6.04 Å². The van der Waals surface area contributed by atoms with Crippen molar-refractivity contribution in [1.82, 2.24) is 9.78 Å². The molecule has 16 heavy (non-hydrogen) atoms. The highest BCUT2D eigenvalue weighted by Gasteiger charge is 2.13. The number of halogens is 2. The highest BCUT2D eigenvalue weighted by molar-refractivity contribution is 9.10. The lowest BCUT2D eigenvalue weighted by Gasteiger charge is -2.14. The van der Waals surface area contributed by atoms with Crippen LogP contribution < -0.4 is 5.73 Å². The summed E-state index contributed by atoms with van der Waals surface area (Å²) >= 11 is 9.27. The van der Waals surface area contributed by atoms with E-state index in [4.69, 9.17) is 17.3 Å². The van der Waals surface area contributed by atoms with E-state index in [0.29, 0.717) is 10.8 Å². The Morgan fingerprint density at radius 1 is 1.38 bits per heavy atom. The fourth-order valence-electron chi connectivity index (χ4n) is 1.54. The average molecular weight is 301 g/mol. The molecule has 2 rings (SSSR count). The molecule has 0 bridgehead atoms. The van der Waals surface area contributed by atoms with E-state index in [1.54, 1.807) is 10.9 Å². The van der Waals surface area contributed by atoms with Gasteiger partial charge in [-0.05, 0) is 24.6 Å². The zero-order chi connectivity index (χ0) is 11.7. The third-order valence-electron chi connectivity index (χ3n) is 2.51. The molecule has 5 heteroatoms. The van der Waals surface area contributed by atoms with E-state index in [2.05, 4.69) is 21.0 Å². The van der Waals surface area contributed by atoms with Crippen LogP contribution in [-0.2, 0) is 0 Å². The second-order valence-electron chi connectivity index (χ2n) is 3.55. The largest absolute Gasteiger partial charge is 0.383 e. The van der Waals surface area contributed by atoms with Crippen molar-refractivity contribution in [3.8, 4) is 0 Å². The first kappa shape index (κ1) is 11.5. The molecule has 3 nitrogen and oxygen atoms in total. The zero-order valence-corrected chi connectivity index (χ0v) is 11.0. The molecule has 1 heterocycles. The molecule has 0 aliphatic rings. The molecule has 1 unspecified atom stereocenters. The van der Waals surface area contributed by atoms with Crippen molar-refractivity contribution in [3.05, 3.63) is 45.5 Å². The summed E-state index contributed by atoms with van der Waals surface area (Å²) in [6.45, 7) is 2.03. The van der Waals surface area contributed by atoms with Crippen LogP contribution in [0.15, 0.2) is 34.9 Å². The number of benzene rings is 1. The third kappa shape index (κ3) is 2.08. The van der Waals surface area contributed by atoms with Crippen molar-refractivity contribution in [2.45, 2.75) is 13.0 Å². The minimum atomic E-state index is 0.0700. The van der Waals surface area contributed by atoms with Crippen molar-refractivity contribution < 1.29 is 0 Å². The molecule has 0 amide bonds. The smallest absolute Gasteiger partial charge is 0.141 e. The molecule has 2 aromatic rings. The van der Waals surface area contributed by atoms with E-state index < -0.39 is 0 Å². The maximum Gasteiger partial charge on any atom is 0.141 e. The monoisotopic (exact) mass is 299 g/mol. The van der Waals surface area contributed by atoms with Gasteiger partial charge in [0.1, 0.15) is 10.8 Å². The van der Waals surface area contributed by atoms with Crippen molar-refractivity contribution in [2.24, 2.45) is 0 Å². The van der Waals surface area contributed by atoms with Crippen LogP contribution in [0.1, 0.15) is 18.5 Å². The molecule has 0 saturated carbocycles. The van der Waals surface area contributed by atoms with Crippen molar-refractivity contribution >= 4 is 33.3 Å². The summed E-state index contributed by atoms with van der Waals surface area (Å²) in [7, 11) is 0. The summed E-state index contributed by atoms with van der Waals surface area (Å²) in [6, 6.07) is 8.12. The van der Waals surface area contributed by atoms with Gasteiger partial charge in [0, 0.05) is 4.47 Å². The van der Waals surface area contributed by atoms with Crippen LogP contribution >= 0.6 is 27.5 Å². The fraction of sp³-hybridized carbons (Fsp3) is 0.182. The van der Waals surface area contributed by atoms with E-state index in [1.165, 1.54) is 0 Å². The third-order valence-corrected chi connectivity index (χ3v) is 3.33. The summed E-state index contributed by atoms with van der Waals surface area (Å²) in [6.07, 6.45) is 1.56. The Morgan fingerprint density at radius 2 is 2.00 bits per heavy atom. The normalized spacial score (nSPS) is 12.7. The summed E-state index contributed by atoms with van der Waals surface area (Å²) < 4.78 is 2.76. The van der Waals surface area contributed by atoms with Crippen molar-refractivity contribution in [3.63, 3.8) is 0 Å². The van der Waals surface area contributed by atoms with Gasteiger partial charge in [0.2, 0.25) is 0 Å². The topological polar surface area (TPSA) is 43.8 Å². The van der Waals surface area contributed by atoms with Gasteiger partial charge in [-0.25, -0.2) is 4.68 Å². The van der Waals surface area contributed by atoms with Crippen LogP contribution in [0.25, 0.3) is 0 Å². The molecule has 1 aromatic carbocycles. The SMILES string of the molecule is CC(c1ccc(Br)cc1)n1ncc(Cl)c1N. The first-order chi connectivity index (χ1) is 7.59. The summed E-state index contributed by atoms with van der Waals surface area (Å²) in [5.74, 6) is 0.497. The van der Waals surface area contributed by atoms with Crippen LogP contribution in [-0.4, -0.2) is 9.78 Å². The van der Waals surface area contributed by atoms with E-state index in [0.717, 1.165) is 10.0 Å². The number of nitrogen functional groups attached to an aromatic ring is 1. The van der Waals surface area contributed by atoms with Gasteiger partial charge in [-0.3, -0.25) is 0 Å². The van der Waals surface area contributed by atoms with Gasteiger partial charge < -0.3 is 5.73 Å². The number of rotatable bonds is 2. The predicted octanol–water partition coefficient (Wildman–Crippen LogP) is 3.49. The number of nitrogens with zero attached hydrogens (tertiary/aromatic N) is 2. The number of anilines is 1. The lowest BCUT2D eigenvalue weighted by Crippen LogP contribution is -2.11. The number of nitrogens with two attached hydrogens (primary N) is 1. The molecule has 2 N–H and O–H groups in total. The van der Waals surface area contributed by atoms with Crippen molar-refractivity contribution in [1.29, 1.82) is 0 Å². The molecule has 1 atom stereocenters. The molecular weight excluding hydrogens is 289 g/mol. The lowest BCUT2D eigenvalue weighted by molar-refractivity contribution is 0.573. The molecule has 84 valence electrons.